The zero-order valence-electron chi connectivity index (χ0n) is 11.1. The van der Waals surface area contributed by atoms with Crippen LogP contribution in [0.15, 0.2) is 17.0 Å². The summed E-state index contributed by atoms with van der Waals surface area (Å²) in [7, 11) is 0.642. The molecule has 0 bridgehead atoms. The molecule has 6 nitrogen and oxygen atoms in total. The Kier molecular flexibility index (Phi) is 3.86. The molecule has 0 atom stereocenters. The van der Waals surface area contributed by atoms with Gasteiger partial charge in [0.1, 0.15) is 17.2 Å². The highest BCUT2D eigenvalue weighted by atomic mass is 32.2. The summed E-state index contributed by atoms with van der Waals surface area (Å²) in [4.78, 5) is 0.00481. The summed E-state index contributed by atoms with van der Waals surface area (Å²) in [5.74, 6) is 0.868. The van der Waals surface area contributed by atoms with Crippen LogP contribution < -0.4 is 18.9 Å². The summed E-state index contributed by atoms with van der Waals surface area (Å²) in [5, 5.41) is 0. The molecule has 1 saturated carbocycles. The molecule has 0 unspecified atom stereocenters. The highest BCUT2D eigenvalue weighted by Gasteiger charge is 2.32. The minimum atomic E-state index is -3.66. The molecule has 1 aromatic carbocycles. The number of ether oxygens (including phenoxy) is 3. The Balaban J connectivity index is 2.52. The third-order valence-electron chi connectivity index (χ3n) is 2.84. The smallest absolute Gasteiger partial charge is 0.248 e. The number of methoxy groups -OCH3 is 3. The van der Waals surface area contributed by atoms with Gasteiger partial charge in [-0.05, 0) is 12.8 Å². The molecule has 1 aliphatic carbocycles. The molecular formula is C12H17NO5S. The van der Waals surface area contributed by atoms with Gasteiger partial charge in [0, 0.05) is 18.2 Å². The Labute approximate surface area is 112 Å². The lowest BCUT2D eigenvalue weighted by molar-refractivity contribution is 0.358. The molecule has 0 heterocycles. The zero-order valence-corrected chi connectivity index (χ0v) is 11.9. The molecule has 1 fully saturated rings. The zero-order chi connectivity index (χ0) is 14.0. The van der Waals surface area contributed by atoms with E-state index in [-0.39, 0.29) is 22.4 Å². The average Bonchev–Trinajstić information content (AvgIpc) is 3.19. The molecule has 1 N–H and O–H groups in total. The number of benzene rings is 1. The molecule has 0 saturated heterocycles. The molecule has 0 radical (unpaired) electrons. The van der Waals surface area contributed by atoms with Crippen LogP contribution in [0.4, 0.5) is 0 Å². The summed E-state index contributed by atoms with van der Waals surface area (Å²) < 4.78 is 42.6. The van der Waals surface area contributed by atoms with Crippen LogP contribution in [0.5, 0.6) is 17.2 Å². The topological polar surface area (TPSA) is 73.9 Å². The van der Waals surface area contributed by atoms with Gasteiger partial charge >= 0.3 is 0 Å². The Morgan fingerprint density at radius 1 is 1.05 bits per heavy atom. The van der Waals surface area contributed by atoms with Crippen LogP contribution in [-0.2, 0) is 10.0 Å². The van der Waals surface area contributed by atoms with Crippen molar-refractivity contribution in [3.63, 3.8) is 0 Å². The first-order valence-corrected chi connectivity index (χ1v) is 7.32. The first kappa shape index (κ1) is 14.0. The van der Waals surface area contributed by atoms with Crippen molar-refractivity contribution < 1.29 is 22.6 Å². The van der Waals surface area contributed by atoms with E-state index in [4.69, 9.17) is 14.2 Å². The minimum Gasteiger partial charge on any atom is -0.496 e. The van der Waals surface area contributed by atoms with Gasteiger partial charge < -0.3 is 14.2 Å². The van der Waals surface area contributed by atoms with E-state index in [9.17, 15) is 8.42 Å². The van der Waals surface area contributed by atoms with Gasteiger partial charge in [-0.2, -0.15) is 0 Å². The van der Waals surface area contributed by atoms with E-state index in [1.165, 1.54) is 33.5 Å². The SMILES string of the molecule is COc1cc(OC)c(S(=O)(=O)NC2CC2)c(OC)c1. The Morgan fingerprint density at radius 2 is 1.58 bits per heavy atom. The van der Waals surface area contributed by atoms with Crippen LogP contribution in [0.3, 0.4) is 0 Å². The van der Waals surface area contributed by atoms with Crippen molar-refractivity contribution in [2.75, 3.05) is 21.3 Å². The van der Waals surface area contributed by atoms with Crippen molar-refractivity contribution in [1.82, 2.24) is 4.72 Å². The third-order valence-corrected chi connectivity index (χ3v) is 4.42. The van der Waals surface area contributed by atoms with Crippen LogP contribution in [0, 0.1) is 0 Å². The van der Waals surface area contributed by atoms with Crippen molar-refractivity contribution in [3.8, 4) is 17.2 Å². The van der Waals surface area contributed by atoms with Gasteiger partial charge in [-0.15, -0.1) is 0 Å². The van der Waals surface area contributed by atoms with Crippen LogP contribution in [0.25, 0.3) is 0 Å². The van der Waals surface area contributed by atoms with Crippen molar-refractivity contribution in [1.29, 1.82) is 0 Å². The Bertz CT molecular complexity index is 540. The number of rotatable bonds is 6. The van der Waals surface area contributed by atoms with Gasteiger partial charge in [0.25, 0.3) is 0 Å². The van der Waals surface area contributed by atoms with Crippen LogP contribution >= 0.6 is 0 Å². The highest BCUT2D eigenvalue weighted by molar-refractivity contribution is 7.89. The van der Waals surface area contributed by atoms with Gasteiger partial charge in [0.2, 0.25) is 10.0 Å². The lowest BCUT2D eigenvalue weighted by Gasteiger charge is -2.15. The predicted octanol–water partition coefficient (Wildman–Crippen LogP) is 1.15. The average molecular weight is 287 g/mol. The quantitative estimate of drug-likeness (QED) is 0.849. The second kappa shape index (κ2) is 5.26. The molecule has 0 aliphatic heterocycles. The first-order valence-electron chi connectivity index (χ1n) is 5.84. The van der Waals surface area contributed by atoms with Crippen molar-refractivity contribution in [3.05, 3.63) is 12.1 Å². The molecule has 0 aromatic heterocycles. The van der Waals surface area contributed by atoms with Crippen LogP contribution in [-0.4, -0.2) is 35.8 Å². The summed E-state index contributed by atoms with van der Waals surface area (Å²) >= 11 is 0. The summed E-state index contributed by atoms with van der Waals surface area (Å²) in [6.07, 6.45) is 1.72. The fourth-order valence-electron chi connectivity index (χ4n) is 1.72. The molecule has 0 amide bonds. The van der Waals surface area contributed by atoms with Gasteiger partial charge in [-0.25, -0.2) is 13.1 Å². The molecule has 1 aliphatic rings. The summed E-state index contributed by atoms with van der Waals surface area (Å²) in [6, 6.07) is 3.05. The second-order valence-electron chi connectivity index (χ2n) is 4.26. The minimum absolute atomic E-state index is 0.00481. The summed E-state index contributed by atoms with van der Waals surface area (Å²) in [5.41, 5.74) is 0. The van der Waals surface area contributed by atoms with E-state index in [1.54, 1.807) is 0 Å². The van der Waals surface area contributed by atoms with Crippen molar-refractivity contribution in [2.45, 2.75) is 23.8 Å². The number of hydrogen-bond acceptors (Lipinski definition) is 5. The monoisotopic (exact) mass is 287 g/mol. The van der Waals surface area contributed by atoms with Crippen LogP contribution in [0.1, 0.15) is 12.8 Å². The fourth-order valence-corrected chi connectivity index (χ4v) is 3.32. The van der Waals surface area contributed by atoms with Gasteiger partial charge in [0.15, 0.2) is 4.90 Å². The van der Waals surface area contributed by atoms with E-state index in [0.717, 1.165) is 12.8 Å². The molecular weight excluding hydrogens is 270 g/mol. The molecule has 1 aromatic rings. The lowest BCUT2D eigenvalue weighted by Crippen LogP contribution is -2.26. The fraction of sp³-hybridized carbons (Fsp3) is 0.500. The van der Waals surface area contributed by atoms with E-state index >= 15 is 0 Å². The normalized spacial score (nSPS) is 15.1. The number of nitrogens with one attached hydrogen (secondary N) is 1. The van der Waals surface area contributed by atoms with E-state index < -0.39 is 10.0 Å². The van der Waals surface area contributed by atoms with Crippen LogP contribution in [0.2, 0.25) is 0 Å². The van der Waals surface area contributed by atoms with Crippen molar-refractivity contribution in [2.24, 2.45) is 0 Å². The maximum Gasteiger partial charge on any atom is 0.248 e. The maximum atomic E-state index is 12.3. The maximum absolute atomic E-state index is 12.3. The van der Waals surface area contributed by atoms with Crippen molar-refractivity contribution >= 4 is 10.0 Å². The first-order chi connectivity index (χ1) is 9.01. The number of hydrogen-bond donors (Lipinski definition) is 1. The number of sulfonamides is 1. The lowest BCUT2D eigenvalue weighted by atomic mass is 10.3. The molecule has 7 heteroatoms. The van der Waals surface area contributed by atoms with E-state index in [1.807, 2.05) is 0 Å². The van der Waals surface area contributed by atoms with E-state index in [2.05, 4.69) is 4.72 Å². The van der Waals surface area contributed by atoms with E-state index in [0.29, 0.717) is 5.75 Å². The highest BCUT2D eigenvalue weighted by Crippen LogP contribution is 2.38. The Morgan fingerprint density at radius 3 is 1.95 bits per heavy atom. The Hall–Kier alpha value is -1.47. The third kappa shape index (κ3) is 2.93. The molecule has 19 heavy (non-hydrogen) atoms. The van der Waals surface area contributed by atoms with Gasteiger partial charge in [-0.3, -0.25) is 0 Å². The predicted molar refractivity (Wildman–Crippen MR) is 69.4 cm³/mol. The standard InChI is InChI=1S/C12H17NO5S/c1-16-9-6-10(17-2)12(11(7-9)18-3)19(14,15)13-8-4-5-8/h6-8,13H,4-5H2,1-3H3. The molecule has 2 rings (SSSR count). The largest absolute Gasteiger partial charge is 0.496 e. The van der Waals surface area contributed by atoms with Gasteiger partial charge in [0.05, 0.1) is 21.3 Å². The second-order valence-corrected chi connectivity index (χ2v) is 5.91. The van der Waals surface area contributed by atoms with Gasteiger partial charge in [-0.1, -0.05) is 0 Å². The molecule has 0 spiro atoms. The summed E-state index contributed by atoms with van der Waals surface area (Å²) in [6.45, 7) is 0. The molecule has 106 valence electrons.